The van der Waals surface area contributed by atoms with Crippen molar-refractivity contribution in [3.63, 3.8) is 0 Å². The van der Waals surface area contributed by atoms with Gasteiger partial charge in [0.05, 0.1) is 0 Å². The van der Waals surface area contributed by atoms with Crippen molar-refractivity contribution < 1.29 is 14.6 Å². The van der Waals surface area contributed by atoms with E-state index in [1.807, 2.05) is 20.8 Å². The average molecular weight is 243 g/mol. The van der Waals surface area contributed by atoms with Crippen LogP contribution in [0.5, 0.6) is 0 Å². The van der Waals surface area contributed by atoms with Gasteiger partial charge in [0.2, 0.25) is 0 Å². The second kappa shape index (κ2) is 6.24. The molecule has 0 spiro atoms. The minimum Gasteiger partial charge on any atom is -0.444 e. The molecule has 17 heavy (non-hydrogen) atoms. The van der Waals surface area contributed by atoms with Gasteiger partial charge in [-0.15, -0.1) is 0 Å². The number of aliphatic hydroxyl groups excluding tert-OH is 1. The Balaban J connectivity index is 2.49. The minimum atomic E-state index is -0.469. The number of nitrogens with one attached hydrogen (secondary N) is 1. The fourth-order valence-electron chi connectivity index (χ4n) is 2.25. The molecule has 4 heteroatoms. The number of carbonyl (C=O) groups excluding carboxylic acids is 1. The lowest BCUT2D eigenvalue weighted by atomic mass is 9.96. The highest BCUT2D eigenvalue weighted by atomic mass is 16.6. The number of aliphatic hydroxyl groups is 1. The van der Waals surface area contributed by atoms with E-state index in [0.717, 1.165) is 25.7 Å². The van der Waals surface area contributed by atoms with Gasteiger partial charge in [-0.1, -0.05) is 19.3 Å². The maximum absolute atomic E-state index is 11.7. The molecule has 1 aliphatic rings. The zero-order chi connectivity index (χ0) is 12.9. The fraction of sp³-hybridized carbons (Fsp3) is 0.923. The Morgan fingerprint density at radius 3 is 2.53 bits per heavy atom. The number of hydrogen-bond acceptors (Lipinski definition) is 3. The van der Waals surface area contributed by atoms with Crippen molar-refractivity contribution in [1.29, 1.82) is 0 Å². The standard InChI is InChI=1S/C13H25NO3/c1-13(2,3)17-12(16)14-11-8-6-4-5-7-10(11)9-15/h10-11,15H,4-9H2,1-3H3,(H,14,16)/t10-,11-/m1/s1. The second-order valence-corrected chi connectivity index (χ2v) is 5.83. The molecule has 0 heterocycles. The van der Waals surface area contributed by atoms with Crippen LogP contribution in [0.2, 0.25) is 0 Å². The topological polar surface area (TPSA) is 58.6 Å². The first-order valence-corrected chi connectivity index (χ1v) is 6.53. The summed E-state index contributed by atoms with van der Waals surface area (Å²) in [4.78, 5) is 11.7. The van der Waals surface area contributed by atoms with Gasteiger partial charge in [-0.05, 0) is 33.6 Å². The van der Waals surface area contributed by atoms with Crippen molar-refractivity contribution in [2.45, 2.75) is 64.5 Å². The van der Waals surface area contributed by atoms with Gasteiger partial charge in [-0.3, -0.25) is 0 Å². The van der Waals surface area contributed by atoms with Gasteiger partial charge >= 0.3 is 6.09 Å². The third kappa shape index (κ3) is 5.39. The highest BCUT2D eigenvalue weighted by Crippen LogP contribution is 2.23. The van der Waals surface area contributed by atoms with Crippen molar-refractivity contribution in [3.8, 4) is 0 Å². The summed E-state index contributed by atoms with van der Waals surface area (Å²) in [6.45, 7) is 5.69. The van der Waals surface area contributed by atoms with Crippen LogP contribution in [0, 0.1) is 5.92 Å². The summed E-state index contributed by atoms with van der Waals surface area (Å²) >= 11 is 0. The smallest absolute Gasteiger partial charge is 0.407 e. The summed E-state index contributed by atoms with van der Waals surface area (Å²) in [5.41, 5.74) is -0.469. The molecule has 0 aromatic carbocycles. The largest absolute Gasteiger partial charge is 0.444 e. The van der Waals surface area contributed by atoms with E-state index in [2.05, 4.69) is 5.32 Å². The number of rotatable bonds is 2. The van der Waals surface area contributed by atoms with Gasteiger partial charge in [0.25, 0.3) is 0 Å². The quantitative estimate of drug-likeness (QED) is 0.732. The predicted molar refractivity (Wildman–Crippen MR) is 66.8 cm³/mol. The van der Waals surface area contributed by atoms with E-state index in [0.29, 0.717) is 0 Å². The van der Waals surface area contributed by atoms with E-state index < -0.39 is 5.60 Å². The molecule has 100 valence electrons. The molecule has 0 aromatic rings. The van der Waals surface area contributed by atoms with E-state index in [1.165, 1.54) is 6.42 Å². The van der Waals surface area contributed by atoms with Crippen molar-refractivity contribution in [2.24, 2.45) is 5.92 Å². The molecule has 2 N–H and O–H groups in total. The molecular formula is C13H25NO3. The van der Waals surface area contributed by atoms with Gasteiger partial charge in [-0.25, -0.2) is 4.79 Å². The third-order valence-corrected chi connectivity index (χ3v) is 3.10. The molecule has 1 saturated carbocycles. The van der Waals surface area contributed by atoms with E-state index in [-0.39, 0.29) is 24.7 Å². The van der Waals surface area contributed by atoms with Crippen molar-refractivity contribution in [3.05, 3.63) is 0 Å². The Hall–Kier alpha value is -0.770. The van der Waals surface area contributed by atoms with Gasteiger partial charge in [-0.2, -0.15) is 0 Å². The molecule has 1 aliphatic carbocycles. The monoisotopic (exact) mass is 243 g/mol. The molecule has 0 unspecified atom stereocenters. The minimum absolute atomic E-state index is 0.0531. The second-order valence-electron chi connectivity index (χ2n) is 5.83. The molecule has 0 bridgehead atoms. The first kappa shape index (κ1) is 14.3. The molecule has 0 saturated heterocycles. The predicted octanol–water partition coefficient (Wildman–Crippen LogP) is 2.45. The van der Waals surface area contributed by atoms with Gasteiger partial charge < -0.3 is 15.2 Å². The third-order valence-electron chi connectivity index (χ3n) is 3.10. The Labute approximate surface area is 104 Å². The Bertz CT molecular complexity index is 248. The van der Waals surface area contributed by atoms with E-state index in [1.54, 1.807) is 0 Å². The lowest BCUT2D eigenvalue weighted by molar-refractivity contribution is 0.0467. The maximum atomic E-state index is 11.7. The Kier molecular flexibility index (Phi) is 5.25. The van der Waals surface area contributed by atoms with Gasteiger partial charge in [0, 0.05) is 18.6 Å². The Morgan fingerprint density at radius 2 is 1.94 bits per heavy atom. The van der Waals surface area contributed by atoms with Crippen molar-refractivity contribution >= 4 is 6.09 Å². The van der Waals surface area contributed by atoms with E-state index in [9.17, 15) is 9.90 Å². The van der Waals surface area contributed by atoms with Crippen molar-refractivity contribution in [1.82, 2.24) is 5.32 Å². The van der Waals surface area contributed by atoms with Gasteiger partial charge in [0.1, 0.15) is 5.60 Å². The lowest BCUT2D eigenvalue weighted by Crippen LogP contribution is -2.43. The number of amides is 1. The van der Waals surface area contributed by atoms with E-state index >= 15 is 0 Å². The lowest BCUT2D eigenvalue weighted by Gasteiger charge is -2.27. The molecule has 0 aliphatic heterocycles. The zero-order valence-electron chi connectivity index (χ0n) is 11.2. The van der Waals surface area contributed by atoms with Crippen LogP contribution in [0.15, 0.2) is 0 Å². The molecular weight excluding hydrogens is 218 g/mol. The highest BCUT2D eigenvalue weighted by Gasteiger charge is 2.26. The average Bonchev–Trinajstić information content (AvgIpc) is 2.39. The van der Waals surface area contributed by atoms with Crippen molar-refractivity contribution in [2.75, 3.05) is 6.61 Å². The summed E-state index contributed by atoms with van der Waals surface area (Å²) in [5.74, 6) is 0.171. The first-order valence-electron chi connectivity index (χ1n) is 6.53. The van der Waals surface area contributed by atoms with Crippen LogP contribution in [-0.2, 0) is 4.74 Å². The van der Waals surface area contributed by atoms with E-state index in [4.69, 9.17) is 4.74 Å². The van der Waals surface area contributed by atoms with Crippen LogP contribution in [0.25, 0.3) is 0 Å². The number of ether oxygens (including phenoxy) is 1. The summed E-state index contributed by atoms with van der Waals surface area (Å²) in [6.07, 6.45) is 4.97. The maximum Gasteiger partial charge on any atom is 0.407 e. The van der Waals surface area contributed by atoms with Crippen LogP contribution in [0.3, 0.4) is 0 Å². The molecule has 1 rings (SSSR count). The normalized spacial score (nSPS) is 26.1. The summed E-state index contributed by atoms with van der Waals surface area (Å²) in [7, 11) is 0. The SMILES string of the molecule is CC(C)(C)OC(=O)N[C@@H]1CCCCC[C@@H]1CO. The van der Waals surface area contributed by atoms with Crippen LogP contribution >= 0.6 is 0 Å². The number of hydrogen-bond donors (Lipinski definition) is 2. The number of carbonyl (C=O) groups is 1. The highest BCUT2D eigenvalue weighted by molar-refractivity contribution is 5.68. The molecule has 1 fully saturated rings. The molecule has 0 aromatic heterocycles. The molecule has 0 radical (unpaired) electrons. The summed E-state index contributed by atoms with van der Waals surface area (Å²) < 4.78 is 5.24. The van der Waals surface area contributed by atoms with Crippen LogP contribution in [0.1, 0.15) is 52.9 Å². The van der Waals surface area contributed by atoms with Gasteiger partial charge in [0.15, 0.2) is 0 Å². The molecule has 2 atom stereocenters. The Morgan fingerprint density at radius 1 is 1.29 bits per heavy atom. The molecule has 4 nitrogen and oxygen atoms in total. The first-order chi connectivity index (χ1) is 7.92. The van der Waals surface area contributed by atoms with Crippen LogP contribution in [0.4, 0.5) is 4.79 Å². The summed E-state index contributed by atoms with van der Waals surface area (Å²) in [6, 6.07) is 0.0531. The van der Waals surface area contributed by atoms with Crippen LogP contribution in [-0.4, -0.2) is 29.4 Å². The molecule has 1 amide bonds. The number of alkyl carbamates (subject to hydrolysis) is 1. The summed E-state index contributed by atoms with van der Waals surface area (Å²) in [5, 5.41) is 12.2. The zero-order valence-corrected chi connectivity index (χ0v) is 11.2. The van der Waals surface area contributed by atoms with Crippen LogP contribution < -0.4 is 5.32 Å². The fourth-order valence-corrected chi connectivity index (χ4v) is 2.25.